The van der Waals surface area contributed by atoms with Crippen molar-refractivity contribution in [2.24, 2.45) is 0 Å². The number of aryl methyl sites for hydroxylation is 1. The number of carbonyl (C=O) groups excluding carboxylic acids is 1. The smallest absolute Gasteiger partial charge is 0.321 e. The highest BCUT2D eigenvalue weighted by atomic mass is 19.4. The maximum atomic E-state index is 13.2. The van der Waals surface area contributed by atoms with Gasteiger partial charge < -0.3 is 10.6 Å². The van der Waals surface area contributed by atoms with Crippen molar-refractivity contribution in [1.82, 2.24) is 15.3 Å². The predicted molar refractivity (Wildman–Crippen MR) is 86.6 cm³/mol. The van der Waals surface area contributed by atoms with Crippen molar-refractivity contribution in [2.45, 2.75) is 31.7 Å². The second-order valence-corrected chi connectivity index (χ2v) is 6.10. The molecule has 0 spiro atoms. The average molecular weight is 368 g/mol. The number of benzene rings is 1. The number of nitrogens with zero attached hydrogens (tertiary/aromatic N) is 2. The van der Waals surface area contributed by atoms with Gasteiger partial charge in [0.1, 0.15) is 11.9 Å². The van der Waals surface area contributed by atoms with Crippen LogP contribution in [0.1, 0.15) is 27.6 Å². The van der Waals surface area contributed by atoms with Crippen LogP contribution in [0.25, 0.3) is 0 Å². The number of halogens is 4. The molecule has 0 unspecified atom stereocenters. The fourth-order valence-corrected chi connectivity index (χ4v) is 2.56. The van der Waals surface area contributed by atoms with Crippen LogP contribution in [0.2, 0.25) is 0 Å². The summed E-state index contributed by atoms with van der Waals surface area (Å²) in [6.07, 6.45) is -5.07. The third kappa shape index (κ3) is 4.16. The number of alkyl halides is 4. The second kappa shape index (κ2) is 6.99. The Kier molecular flexibility index (Phi) is 4.90. The zero-order valence-corrected chi connectivity index (χ0v) is 13.8. The van der Waals surface area contributed by atoms with E-state index in [9.17, 15) is 22.4 Å². The molecule has 0 radical (unpaired) electrons. The van der Waals surface area contributed by atoms with Gasteiger partial charge in [-0.25, -0.2) is 14.4 Å². The van der Waals surface area contributed by atoms with Crippen molar-refractivity contribution in [3.63, 3.8) is 0 Å². The van der Waals surface area contributed by atoms with Crippen LogP contribution >= 0.6 is 0 Å². The van der Waals surface area contributed by atoms with Gasteiger partial charge in [0.05, 0.1) is 0 Å². The summed E-state index contributed by atoms with van der Waals surface area (Å²) in [6, 6.07) is 7.65. The predicted octanol–water partition coefficient (Wildman–Crippen LogP) is 2.91. The lowest BCUT2D eigenvalue weighted by atomic mass is 9.96. The Balaban J connectivity index is 1.69. The van der Waals surface area contributed by atoms with Crippen LogP contribution in [0.5, 0.6) is 0 Å². The van der Waals surface area contributed by atoms with E-state index in [-0.39, 0.29) is 17.4 Å². The molecule has 1 aromatic heterocycles. The first-order valence-corrected chi connectivity index (χ1v) is 7.93. The molecule has 1 fully saturated rings. The SMILES string of the molecule is Cc1cc(C(=O)Nc2ccc(C[C@@H]3NC[C@@H]3F)cc2)nc(C(F)(F)F)n1. The van der Waals surface area contributed by atoms with Gasteiger partial charge in [0.2, 0.25) is 5.82 Å². The first-order chi connectivity index (χ1) is 12.2. The lowest BCUT2D eigenvalue weighted by molar-refractivity contribution is -0.145. The number of anilines is 1. The van der Waals surface area contributed by atoms with Crippen molar-refractivity contribution < 1.29 is 22.4 Å². The van der Waals surface area contributed by atoms with E-state index in [0.717, 1.165) is 5.56 Å². The van der Waals surface area contributed by atoms with Crippen LogP contribution in [0, 0.1) is 6.92 Å². The Labute approximate surface area is 146 Å². The molecule has 0 aliphatic carbocycles. The molecule has 0 saturated carbocycles. The topological polar surface area (TPSA) is 66.9 Å². The fraction of sp³-hybridized carbons (Fsp3) is 0.353. The number of hydrogen-bond acceptors (Lipinski definition) is 4. The summed E-state index contributed by atoms with van der Waals surface area (Å²) in [6.45, 7) is 1.71. The third-order valence-corrected chi connectivity index (χ3v) is 4.02. The molecule has 2 atom stereocenters. The molecule has 2 heterocycles. The minimum Gasteiger partial charge on any atom is -0.321 e. The molecular weight excluding hydrogens is 352 g/mol. The molecule has 0 bridgehead atoms. The molecule has 5 nitrogen and oxygen atoms in total. The quantitative estimate of drug-likeness (QED) is 0.815. The third-order valence-electron chi connectivity index (χ3n) is 4.02. The van der Waals surface area contributed by atoms with Crippen LogP contribution < -0.4 is 10.6 Å². The minimum atomic E-state index is -4.73. The number of hydrogen-bond donors (Lipinski definition) is 2. The molecule has 3 rings (SSSR count). The van der Waals surface area contributed by atoms with Gasteiger partial charge in [0, 0.05) is 24.0 Å². The Morgan fingerprint density at radius 2 is 1.96 bits per heavy atom. The summed E-state index contributed by atoms with van der Waals surface area (Å²) in [5.41, 5.74) is 0.969. The molecule has 9 heteroatoms. The molecule has 1 aliphatic rings. The van der Waals surface area contributed by atoms with E-state index in [1.54, 1.807) is 24.3 Å². The Morgan fingerprint density at radius 1 is 1.27 bits per heavy atom. The van der Waals surface area contributed by atoms with E-state index in [2.05, 4.69) is 20.6 Å². The molecule has 1 aliphatic heterocycles. The average Bonchev–Trinajstić information content (AvgIpc) is 2.58. The van der Waals surface area contributed by atoms with Crippen LogP contribution in [0.3, 0.4) is 0 Å². The molecule has 1 amide bonds. The van der Waals surface area contributed by atoms with Gasteiger partial charge in [-0.15, -0.1) is 0 Å². The van der Waals surface area contributed by atoms with E-state index in [1.165, 1.54) is 13.0 Å². The van der Waals surface area contributed by atoms with Gasteiger partial charge >= 0.3 is 6.18 Å². The van der Waals surface area contributed by atoms with Crippen molar-refractivity contribution in [2.75, 3.05) is 11.9 Å². The zero-order chi connectivity index (χ0) is 18.9. The summed E-state index contributed by atoms with van der Waals surface area (Å²) in [5.74, 6) is -2.12. The second-order valence-electron chi connectivity index (χ2n) is 6.10. The minimum absolute atomic E-state index is 0.0431. The standard InChI is InChI=1S/C17H16F4N4O/c1-9-6-14(25-16(23-9)17(19,20)21)15(26)24-11-4-2-10(3-5-11)7-13-12(18)8-22-13/h2-6,12-13,22H,7-8H2,1H3,(H,24,26)/t12-,13-/m0/s1. The van der Waals surface area contributed by atoms with Crippen LogP contribution in [-0.4, -0.2) is 34.6 Å². The van der Waals surface area contributed by atoms with Crippen molar-refractivity contribution >= 4 is 11.6 Å². The maximum absolute atomic E-state index is 13.2. The molecule has 26 heavy (non-hydrogen) atoms. The lowest BCUT2D eigenvalue weighted by Gasteiger charge is -2.32. The number of rotatable bonds is 4. The van der Waals surface area contributed by atoms with Crippen LogP contribution in [0.4, 0.5) is 23.2 Å². The molecular formula is C17H16F4N4O. The number of aromatic nitrogens is 2. The Morgan fingerprint density at radius 3 is 2.50 bits per heavy atom. The fourth-order valence-electron chi connectivity index (χ4n) is 2.56. The van der Waals surface area contributed by atoms with E-state index in [4.69, 9.17) is 0 Å². The first kappa shape index (κ1) is 18.2. The normalized spacial score (nSPS) is 19.7. The van der Waals surface area contributed by atoms with Crippen LogP contribution in [0.15, 0.2) is 30.3 Å². The Bertz CT molecular complexity index is 807. The van der Waals surface area contributed by atoms with Gasteiger partial charge in [0.25, 0.3) is 5.91 Å². The van der Waals surface area contributed by atoms with Crippen LogP contribution in [-0.2, 0) is 12.6 Å². The summed E-state index contributed by atoms with van der Waals surface area (Å²) >= 11 is 0. The van der Waals surface area contributed by atoms with Gasteiger partial charge in [-0.1, -0.05) is 12.1 Å². The van der Waals surface area contributed by atoms with E-state index >= 15 is 0 Å². The zero-order valence-electron chi connectivity index (χ0n) is 13.8. The highest BCUT2D eigenvalue weighted by Gasteiger charge is 2.35. The van der Waals surface area contributed by atoms with E-state index < -0.39 is 24.1 Å². The highest BCUT2D eigenvalue weighted by Crippen LogP contribution is 2.26. The summed E-state index contributed by atoms with van der Waals surface area (Å²) in [4.78, 5) is 18.8. The van der Waals surface area contributed by atoms with E-state index in [1.807, 2.05) is 0 Å². The molecule has 1 aromatic carbocycles. The van der Waals surface area contributed by atoms with Gasteiger partial charge in [-0.2, -0.15) is 13.2 Å². The van der Waals surface area contributed by atoms with Gasteiger partial charge in [-0.05, 0) is 37.1 Å². The summed E-state index contributed by atoms with van der Waals surface area (Å²) in [7, 11) is 0. The van der Waals surface area contributed by atoms with E-state index in [0.29, 0.717) is 18.7 Å². The van der Waals surface area contributed by atoms with Crippen molar-refractivity contribution in [3.05, 3.63) is 53.1 Å². The first-order valence-electron chi connectivity index (χ1n) is 7.93. The summed E-state index contributed by atoms with van der Waals surface area (Å²) < 4.78 is 51.5. The molecule has 2 aromatic rings. The maximum Gasteiger partial charge on any atom is 0.451 e. The number of nitrogens with one attached hydrogen (secondary N) is 2. The monoisotopic (exact) mass is 368 g/mol. The number of amides is 1. The molecule has 2 N–H and O–H groups in total. The largest absolute Gasteiger partial charge is 0.451 e. The Hall–Kier alpha value is -2.55. The molecule has 138 valence electrons. The van der Waals surface area contributed by atoms with Crippen molar-refractivity contribution in [3.8, 4) is 0 Å². The molecule has 1 saturated heterocycles. The lowest BCUT2D eigenvalue weighted by Crippen LogP contribution is -2.55. The van der Waals surface area contributed by atoms with Gasteiger partial charge in [0.15, 0.2) is 0 Å². The summed E-state index contributed by atoms with van der Waals surface area (Å²) in [5, 5.41) is 5.48. The van der Waals surface area contributed by atoms with Crippen molar-refractivity contribution in [1.29, 1.82) is 0 Å². The number of carbonyl (C=O) groups is 1. The highest BCUT2D eigenvalue weighted by molar-refractivity contribution is 6.02. The van der Waals surface area contributed by atoms with Gasteiger partial charge in [-0.3, -0.25) is 4.79 Å².